The fourth-order valence-corrected chi connectivity index (χ4v) is 2.30. The minimum Gasteiger partial charge on any atom is -0.396 e. The fourth-order valence-electron chi connectivity index (χ4n) is 2.30. The van der Waals surface area contributed by atoms with Gasteiger partial charge in [-0.15, -0.1) is 0 Å². The van der Waals surface area contributed by atoms with Crippen LogP contribution in [0, 0.1) is 11.8 Å². The normalized spacial score (nSPS) is 24.8. The molecule has 0 aromatic rings. The third kappa shape index (κ3) is 1.70. The largest absolute Gasteiger partial charge is 0.396 e. The third-order valence-electron chi connectivity index (χ3n) is 3.23. The van der Waals surface area contributed by atoms with Crippen molar-refractivity contribution in [1.29, 1.82) is 0 Å². The van der Waals surface area contributed by atoms with E-state index < -0.39 is 0 Å². The summed E-state index contributed by atoms with van der Waals surface area (Å²) >= 11 is 0. The molecule has 0 bridgehead atoms. The molecular formula is C10H17NO2. The van der Waals surface area contributed by atoms with Gasteiger partial charge < -0.3 is 10.0 Å². The van der Waals surface area contributed by atoms with Crippen molar-refractivity contribution in [2.24, 2.45) is 11.8 Å². The van der Waals surface area contributed by atoms with E-state index in [0.29, 0.717) is 17.7 Å². The lowest BCUT2D eigenvalue weighted by Gasteiger charge is -2.39. The number of hydrogen-bond acceptors (Lipinski definition) is 2. The quantitative estimate of drug-likeness (QED) is 0.682. The number of carbonyl (C=O) groups is 1. The van der Waals surface area contributed by atoms with Crippen LogP contribution in [0.4, 0.5) is 0 Å². The van der Waals surface area contributed by atoms with E-state index in [1.165, 1.54) is 12.8 Å². The maximum Gasteiger partial charge on any atom is 0.225 e. The predicted molar refractivity (Wildman–Crippen MR) is 49.1 cm³/mol. The minimum absolute atomic E-state index is 0.231. The number of aliphatic hydroxyl groups excluding tert-OH is 1. The molecule has 1 saturated carbocycles. The molecule has 0 aromatic carbocycles. The molecule has 0 aromatic heterocycles. The molecule has 0 radical (unpaired) electrons. The Balaban J connectivity index is 1.78. The summed E-state index contributed by atoms with van der Waals surface area (Å²) in [6.45, 7) is 1.80. The third-order valence-corrected chi connectivity index (χ3v) is 3.23. The van der Waals surface area contributed by atoms with Crippen molar-refractivity contribution in [1.82, 2.24) is 4.90 Å². The van der Waals surface area contributed by atoms with Crippen LogP contribution in [-0.4, -0.2) is 35.6 Å². The summed E-state index contributed by atoms with van der Waals surface area (Å²) in [5.74, 6) is 0.993. The Morgan fingerprint density at radius 1 is 1.31 bits per heavy atom. The summed E-state index contributed by atoms with van der Waals surface area (Å²) in [5.41, 5.74) is 0. The molecule has 1 aliphatic carbocycles. The van der Waals surface area contributed by atoms with E-state index in [2.05, 4.69) is 0 Å². The molecule has 1 aliphatic heterocycles. The molecule has 0 spiro atoms. The van der Waals surface area contributed by atoms with Crippen molar-refractivity contribution >= 4 is 5.91 Å². The fraction of sp³-hybridized carbons (Fsp3) is 0.900. The second-order valence-corrected chi connectivity index (χ2v) is 4.27. The van der Waals surface area contributed by atoms with Crippen LogP contribution >= 0.6 is 0 Å². The van der Waals surface area contributed by atoms with E-state index in [1.54, 1.807) is 0 Å². The molecule has 1 heterocycles. The molecule has 1 N–H and O–H groups in total. The van der Waals surface area contributed by atoms with Crippen molar-refractivity contribution in [3.63, 3.8) is 0 Å². The van der Waals surface area contributed by atoms with Gasteiger partial charge in [0.2, 0.25) is 5.91 Å². The van der Waals surface area contributed by atoms with E-state index in [0.717, 1.165) is 25.9 Å². The summed E-state index contributed by atoms with van der Waals surface area (Å²) in [6, 6.07) is 0. The second kappa shape index (κ2) is 3.66. The first kappa shape index (κ1) is 9.00. The van der Waals surface area contributed by atoms with Gasteiger partial charge >= 0.3 is 0 Å². The molecular weight excluding hydrogens is 166 g/mol. The van der Waals surface area contributed by atoms with Gasteiger partial charge in [0.25, 0.3) is 0 Å². The topological polar surface area (TPSA) is 40.5 Å². The zero-order valence-electron chi connectivity index (χ0n) is 7.91. The summed E-state index contributed by atoms with van der Waals surface area (Å²) in [7, 11) is 0. The summed E-state index contributed by atoms with van der Waals surface area (Å²) in [4.78, 5) is 13.6. The molecule has 1 saturated heterocycles. The molecule has 1 amide bonds. The first-order valence-electron chi connectivity index (χ1n) is 5.21. The number of hydrogen-bond donors (Lipinski definition) is 1. The monoisotopic (exact) mass is 183 g/mol. The average Bonchev–Trinajstić information content (AvgIpc) is 2.53. The van der Waals surface area contributed by atoms with Crippen molar-refractivity contribution in [2.45, 2.75) is 25.7 Å². The Morgan fingerprint density at radius 2 is 1.92 bits per heavy atom. The summed E-state index contributed by atoms with van der Waals surface area (Å²) < 4.78 is 0. The molecule has 13 heavy (non-hydrogen) atoms. The van der Waals surface area contributed by atoms with E-state index in [9.17, 15) is 4.79 Å². The smallest absolute Gasteiger partial charge is 0.225 e. The van der Waals surface area contributed by atoms with Gasteiger partial charge in [-0.25, -0.2) is 0 Å². The zero-order chi connectivity index (χ0) is 9.26. The summed E-state index contributed by atoms with van der Waals surface area (Å²) in [5, 5.41) is 8.81. The van der Waals surface area contributed by atoms with E-state index in [1.807, 2.05) is 4.90 Å². The van der Waals surface area contributed by atoms with Gasteiger partial charge in [0.1, 0.15) is 0 Å². The molecule has 2 rings (SSSR count). The maximum absolute atomic E-state index is 11.7. The Morgan fingerprint density at radius 3 is 2.46 bits per heavy atom. The van der Waals surface area contributed by atoms with Crippen molar-refractivity contribution in [3.05, 3.63) is 0 Å². The Hall–Kier alpha value is -0.570. The molecule has 2 fully saturated rings. The van der Waals surface area contributed by atoms with Gasteiger partial charge in [0, 0.05) is 31.5 Å². The highest BCUT2D eigenvalue weighted by molar-refractivity contribution is 5.79. The molecule has 0 atom stereocenters. The molecule has 3 nitrogen and oxygen atoms in total. The van der Waals surface area contributed by atoms with E-state index >= 15 is 0 Å². The van der Waals surface area contributed by atoms with Gasteiger partial charge in [0.15, 0.2) is 0 Å². The van der Waals surface area contributed by atoms with Crippen LogP contribution < -0.4 is 0 Å². The number of aliphatic hydroxyl groups is 1. The Kier molecular flexibility index (Phi) is 2.54. The highest BCUT2D eigenvalue weighted by Crippen LogP contribution is 2.29. The second-order valence-electron chi connectivity index (χ2n) is 4.27. The van der Waals surface area contributed by atoms with Crippen LogP contribution in [0.15, 0.2) is 0 Å². The number of rotatable bonds is 2. The minimum atomic E-state index is 0.231. The first-order valence-corrected chi connectivity index (χ1v) is 5.21. The first-order chi connectivity index (χ1) is 6.31. The lowest BCUT2D eigenvalue weighted by molar-refractivity contribution is -0.142. The number of nitrogens with zero attached hydrogens (tertiary/aromatic N) is 1. The van der Waals surface area contributed by atoms with Gasteiger partial charge in [0.05, 0.1) is 0 Å². The maximum atomic E-state index is 11.7. The van der Waals surface area contributed by atoms with Crippen LogP contribution in [0.25, 0.3) is 0 Å². The van der Waals surface area contributed by atoms with Gasteiger partial charge in [-0.3, -0.25) is 4.79 Å². The van der Waals surface area contributed by atoms with E-state index in [-0.39, 0.29) is 6.61 Å². The van der Waals surface area contributed by atoms with Crippen molar-refractivity contribution in [2.75, 3.05) is 19.7 Å². The Labute approximate surface area is 78.7 Å². The zero-order valence-corrected chi connectivity index (χ0v) is 7.91. The lowest BCUT2D eigenvalue weighted by Crippen LogP contribution is -2.52. The van der Waals surface area contributed by atoms with Crippen LogP contribution in [0.3, 0.4) is 0 Å². The van der Waals surface area contributed by atoms with Crippen molar-refractivity contribution in [3.8, 4) is 0 Å². The lowest BCUT2D eigenvalue weighted by atomic mass is 9.97. The van der Waals surface area contributed by atoms with Crippen LogP contribution in [0.2, 0.25) is 0 Å². The van der Waals surface area contributed by atoms with Gasteiger partial charge in [-0.1, -0.05) is 12.8 Å². The number of carbonyl (C=O) groups excluding carboxylic acids is 1. The average molecular weight is 183 g/mol. The van der Waals surface area contributed by atoms with Crippen molar-refractivity contribution < 1.29 is 9.90 Å². The van der Waals surface area contributed by atoms with Crippen LogP contribution in [0.1, 0.15) is 25.7 Å². The highest BCUT2D eigenvalue weighted by Gasteiger charge is 2.34. The number of amides is 1. The Bertz CT molecular complexity index is 193. The van der Waals surface area contributed by atoms with Crippen LogP contribution in [0.5, 0.6) is 0 Å². The van der Waals surface area contributed by atoms with Gasteiger partial charge in [-0.2, -0.15) is 0 Å². The molecule has 2 aliphatic rings. The molecule has 0 unspecified atom stereocenters. The van der Waals surface area contributed by atoms with E-state index in [4.69, 9.17) is 5.11 Å². The highest BCUT2D eigenvalue weighted by atomic mass is 16.3. The SMILES string of the molecule is O=C(C1CCCC1)N1CC(CO)C1. The molecule has 74 valence electrons. The number of likely N-dealkylation sites (tertiary alicyclic amines) is 1. The van der Waals surface area contributed by atoms with Gasteiger partial charge in [-0.05, 0) is 12.8 Å². The standard InChI is InChI=1S/C10H17NO2/c12-7-8-5-11(6-8)10(13)9-3-1-2-4-9/h8-9,12H,1-7H2. The summed E-state index contributed by atoms with van der Waals surface area (Å²) in [6.07, 6.45) is 4.60. The molecule has 3 heteroatoms. The predicted octanol–water partition coefficient (Wildman–Crippen LogP) is 0.627. The van der Waals surface area contributed by atoms with Crippen LogP contribution in [-0.2, 0) is 4.79 Å².